The fourth-order valence-electron chi connectivity index (χ4n) is 1.91. The highest BCUT2D eigenvalue weighted by Crippen LogP contribution is 2.00. The lowest BCUT2D eigenvalue weighted by atomic mass is 10.3. The molecular formula is C13H22N2O5. The summed E-state index contributed by atoms with van der Waals surface area (Å²) < 4.78 is 9.35. The fourth-order valence-corrected chi connectivity index (χ4v) is 1.91. The summed E-state index contributed by atoms with van der Waals surface area (Å²) >= 11 is 0. The Morgan fingerprint density at radius 2 is 1.60 bits per heavy atom. The fraction of sp³-hybridized carbons (Fsp3) is 0.692. The third-order valence-electron chi connectivity index (χ3n) is 3.09. The molecule has 1 aliphatic rings. The molecule has 7 heteroatoms. The van der Waals surface area contributed by atoms with E-state index in [0.29, 0.717) is 19.7 Å². The van der Waals surface area contributed by atoms with Crippen molar-refractivity contribution in [2.45, 2.75) is 0 Å². The van der Waals surface area contributed by atoms with Gasteiger partial charge in [0, 0.05) is 51.4 Å². The van der Waals surface area contributed by atoms with E-state index in [-0.39, 0.29) is 6.61 Å². The summed E-state index contributed by atoms with van der Waals surface area (Å²) in [7, 11) is 1.24. The maximum Gasteiger partial charge on any atom is 0.331 e. The summed E-state index contributed by atoms with van der Waals surface area (Å²) in [5, 5.41) is 8.84. The quantitative estimate of drug-likeness (QED) is 0.468. The molecule has 0 aromatic heterocycles. The Kier molecular flexibility index (Phi) is 7.86. The zero-order valence-corrected chi connectivity index (χ0v) is 11.8. The smallest absolute Gasteiger partial charge is 0.331 e. The normalized spacial score (nSPS) is 17.3. The molecule has 0 aliphatic carbocycles. The number of piperazine rings is 1. The van der Waals surface area contributed by atoms with Crippen LogP contribution in [0.4, 0.5) is 0 Å². The molecule has 0 spiro atoms. The summed E-state index contributed by atoms with van der Waals surface area (Å²) in [6, 6.07) is 0. The number of β-amino-alcohol motifs (C(OH)–C–C–N with tert-alkyl or cyclic N) is 1. The molecule has 0 unspecified atom stereocenters. The Bertz CT molecular complexity index is 338. The van der Waals surface area contributed by atoms with Crippen LogP contribution in [0.5, 0.6) is 0 Å². The molecule has 0 aromatic rings. The first-order valence-corrected chi connectivity index (χ1v) is 6.64. The summed E-state index contributed by atoms with van der Waals surface area (Å²) in [4.78, 5) is 26.4. The van der Waals surface area contributed by atoms with Gasteiger partial charge in [0.1, 0.15) is 6.61 Å². The van der Waals surface area contributed by atoms with Crippen molar-refractivity contribution < 1.29 is 24.2 Å². The minimum atomic E-state index is -0.582. The third-order valence-corrected chi connectivity index (χ3v) is 3.09. The molecule has 1 fully saturated rings. The van der Waals surface area contributed by atoms with Crippen LogP contribution in [-0.2, 0) is 19.1 Å². The zero-order valence-electron chi connectivity index (χ0n) is 11.8. The number of methoxy groups -OCH3 is 1. The van der Waals surface area contributed by atoms with E-state index in [1.807, 2.05) is 0 Å². The molecule has 0 amide bonds. The number of hydrogen-bond donors (Lipinski definition) is 1. The molecule has 7 nitrogen and oxygen atoms in total. The van der Waals surface area contributed by atoms with Gasteiger partial charge < -0.3 is 14.6 Å². The number of carbonyl (C=O) groups excluding carboxylic acids is 2. The van der Waals surface area contributed by atoms with Crippen molar-refractivity contribution in [1.29, 1.82) is 0 Å². The van der Waals surface area contributed by atoms with Gasteiger partial charge in [-0.2, -0.15) is 0 Å². The van der Waals surface area contributed by atoms with E-state index in [9.17, 15) is 9.59 Å². The molecule has 0 aromatic carbocycles. The van der Waals surface area contributed by atoms with Gasteiger partial charge in [-0.3, -0.25) is 9.80 Å². The van der Waals surface area contributed by atoms with Crippen molar-refractivity contribution in [2.24, 2.45) is 0 Å². The Balaban J connectivity index is 2.11. The Labute approximate surface area is 118 Å². The molecule has 1 heterocycles. The topological polar surface area (TPSA) is 79.3 Å². The molecule has 0 saturated carbocycles. The van der Waals surface area contributed by atoms with E-state index in [1.54, 1.807) is 0 Å². The third kappa shape index (κ3) is 6.65. The van der Waals surface area contributed by atoms with Crippen molar-refractivity contribution in [3.8, 4) is 0 Å². The molecule has 0 bridgehead atoms. The van der Waals surface area contributed by atoms with Gasteiger partial charge >= 0.3 is 11.9 Å². The van der Waals surface area contributed by atoms with E-state index in [1.165, 1.54) is 7.11 Å². The lowest BCUT2D eigenvalue weighted by Gasteiger charge is -2.34. The highest BCUT2D eigenvalue weighted by atomic mass is 16.5. The Morgan fingerprint density at radius 3 is 2.15 bits per heavy atom. The van der Waals surface area contributed by atoms with Gasteiger partial charge in [0.15, 0.2) is 0 Å². The lowest BCUT2D eigenvalue weighted by Crippen LogP contribution is -2.48. The van der Waals surface area contributed by atoms with Crippen LogP contribution in [0, 0.1) is 0 Å². The van der Waals surface area contributed by atoms with Crippen LogP contribution in [-0.4, -0.2) is 86.4 Å². The van der Waals surface area contributed by atoms with Gasteiger partial charge in [-0.15, -0.1) is 0 Å². The number of carbonyl (C=O) groups is 2. The molecule has 20 heavy (non-hydrogen) atoms. The highest BCUT2D eigenvalue weighted by Gasteiger charge is 2.15. The number of ether oxygens (including phenoxy) is 2. The molecule has 0 atom stereocenters. The van der Waals surface area contributed by atoms with E-state index < -0.39 is 11.9 Å². The minimum absolute atomic E-state index is 0.185. The average molecular weight is 286 g/mol. The largest absolute Gasteiger partial charge is 0.466 e. The van der Waals surface area contributed by atoms with Crippen LogP contribution in [0.15, 0.2) is 12.2 Å². The lowest BCUT2D eigenvalue weighted by molar-refractivity contribution is -0.139. The second-order valence-electron chi connectivity index (χ2n) is 4.43. The number of rotatable bonds is 7. The summed E-state index contributed by atoms with van der Waals surface area (Å²) in [6.45, 7) is 5.49. The molecule has 1 saturated heterocycles. The second-order valence-corrected chi connectivity index (χ2v) is 4.43. The molecule has 1 rings (SSSR count). The van der Waals surface area contributed by atoms with Crippen LogP contribution in [0.25, 0.3) is 0 Å². The highest BCUT2D eigenvalue weighted by molar-refractivity contribution is 5.91. The monoisotopic (exact) mass is 286 g/mol. The number of nitrogens with zero attached hydrogens (tertiary/aromatic N) is 2. The summed E-state index contributed by atoms with van der Waals surface area (Å²) in [5.41, 5.74) is 0. The van der Waals surface area contributed by atoms with E-state index in [0.717, 1.165) is 38.3 Å². The van der Waals surface area contributed by atoms with Crippen molar-refractivity contribution in [3.05, 3.63) is 12.2 Å². The van der Waals surface area contributed by atoms with Gasteiger partial charge in [-0.1, -0.05) is 0 Å². The molecule has 114 valence electrons. The number of hydrogen-bond acceptors (Lipinski definition) is 7. The first-order chi connectivity index (χ1) is 9.65. The van der Waals surface area contributed by atoms with Crippen LogP contribution >= 0.6 is 0 Å². The van der Waals surface area contributed by atoms with Crippen LogP contribution in [0.3, 0.4) is 0 Å². The Morgan fingerprint density at radius 1 is 1.05 bits per heavy atom. The molecule has 1 N–H and O–H groups in total. The summed E-state index contributed by atoms with van der Waals surface area (Å²) in [6.07, 6.45) is 2.10. The molecule has 1 aliphatic heterocycles. The zero-order chi connectivity index (χ0) is 14.8. The predicted octanol–water partition coefficient (Wildman–Crippen LogP) is -1.13. The van der Waals surface area contributed by atoms with Gasteiger partial charge in [0.05, 0.1) is 13.7 Å². The first kappa shape index (κ1) is 16.6. The van der Waals surface area contributed by atoms with Gasteiger partial charge in [0.2, 0.25) is 0 Å². The van der Waals surface area contributed by atoms with Crippen LogP contribution in [0.2, 0.25) is 0 Å². The predicted molar refractivity (Wildman–Crippen MR) is 72.1 cm³/mol. The summed E-state index contributed by atoms with van der Waals surface area (Å²) in [5.74, 6) is -1.13. The maximum absolute atomic E-state index is 11.3. The Hall–Kier alpha value is -1.44. The standard InChI is InChI=1S/C13H22N2O5/c1-19-12(17)2-3-13(18)20-11-9-15-6-4-14(5-7-15)8-10-16/h2-3,16H,4-11H2,1H3/b3-2+. The number of esters is 2. The average Bonchev–Trinajstić information content (AvgIpc) is 2.47. The van der Waals surface area contributed by atoms with Crippen molar-refractivity contribution in [3.63, 3.8) is 0 Å². The van der Waals surface area contributed by atoms with Crippen molar-refractivity contribution >= 4 is 11.9 Å². The van der Waals surface area contributed by atoms with Crippen LogP contribution in [0.1, 0.15) is 0 Å². The van der Waals surface area contributed by atoms with Crippen LogP contribution < -0.4 is 0 Å². The van der Waals surface area contributed by atoms with Crippen molar-refractivity contribution in [1.82, 2.24) is 9.80 Å². The first-order valence-electron chi connectivity index (χ1n) is 6.64. The van der Waals surface area contributed by atoms with Gasteiger partial charge in [-0.25, -0.2) is 9.59 Å². The van der Waals surface area contributed by atoms with E-state index in [4.69, 9.17) is 9.84 Å². The van der Waals surface area contributed by atoms with Gasteiger partial charge in [0.25, 0.3) is 0 Å². The second kappa shape index (κ2) is 9.46. The minimum Gasteiger partial charge on any atom is -0.466 e. The number of aliphatic hydroxyl groups is 1. The maximum atomic E-state index is 11.3. The molecular weight excluding hydrogens is 264 g/mol. The van der Waals surface area contributed by atoms with E-state index >= 15 is 0 Å². The number of aliphatic hydroxyl groups excluding tert-OH is 1. The SMILES string of the molecule is COC(=O)/C=C/C(=O)OCCN1CCN(CCO)CC1. The molecule has 0 radical (unpaired) electrons. The van der Waals surface area contributed by atoms with Crippen molar-refractivity contribution in [2.75, 3.05) is 59.6 Å². The van der Waals surface area contributed by atoms with E-state index in [2.05, 4.69) is 14.5 Å². The van der Waals surface area contributed by atoms with Gasteiger partial charge in [-0.05, 0) is 0 Å².